The first-order valence-corrected chi connectivity index (χ1v) is 15.2. The molecule has 0 aliphatic rings. The summed E-state index contributed by atoms with van der Waals surface area (Å²) in [6, 6.07) is 49.4. The van der Waals surface area contributed by atoms with E-state index < -0.39 is 0 Å². The summed E-state index contributed by atoms with van der Waals surface area (Å²) >= 11 is 3.80. The third-order valence-electron chi connectivity index (χ3n) is 7.78. The van der Waals surface area contributed by atoms with Gasteiger partial charge in [0.1, 0.15) is 11.2 Å². The quantitative estimate of drug-likeness (QED) is 0.190. The average molecular weight is 631 g/mol. The highest BCUT2D eigenvalue weighted by Crippen LogP contribution is 2.42. The first-order valence-electron chi connectivity index (χ1n) is 14.4. The molecule has 0 amide bonds. The molecule has 6 aromatic carbocycles. The van der Waals surface area contributed by atoms with Gasteiger partial charge in [-0.15, -0.1) is 0 Å². The van der Waals surface area contributed by atoms with Crippen LogP contribution in [-0.2, 0) is 0 Å². The van der Waals surface area contributed by atoms with Gasteiger partial charge in [0.25, 0.3) is 0 Å². The van der Waals surface area contributed by atoms with Crippen molar-refractivity contribution in [3.05, 3.63) is 150 Å². The van der Waals surface area contributed by atoms with Crippen LogP contribution in [0.15, 0.2) is 154 Å². The van der Waals surface area contributed by atoms with Gasteiger partial charge in [-0.3, -0.25) is 0 Å². The Hall–Kier alpha value is -5.39. The van der Waals surface area contributed by atoms with Crippen LogP contribution in [0.4, 0.5) is 0 Å². The van der Waals surface area contributed by atoms with Crippen molar-refractivity contribution in [2.24, 2.45) is 0 Å². The lowest BCUT2D eigenvalue weighted by atomic mass is 9.97. The van der Waals surface area contributed by atoms with Gasteiger partial charge in [0.15, 0.2) is 17.5 Å². The van der Waals surface area contributed by atoms with Crippen LogP contribution in [0.25, 0.3) is 78.4 Å². The lowest BCUT2D eigenvalue weighted by Gasteiger charge is -2.09. The van der Waals surface area contributed by atoms with E-state index in [4.69, 9.17) is 19.4 Å². The van der Waals surface area contributed by atoms with Gasteiger partial charge in [-0.05, 0) is 41.0 Å². The molecule has 0 atom stereocenters. The summed E-state index contributed by atoms with van der Waals surface area (Å²) in [5.41, 5.74) is 8.77. The molecule has 0 saturated carbocycles. The number of halogens is 1. The average Bonchev–Trinajstić information content (AvgIpc) is 3.47. The van der Waals surface area contributed by atoms with Gasteiger partial charge in [0.2, 0.25) is 0 Å². The molecule has 0 fully saturated rings. The zero-order valence-corrected chi connectivity index (χ0v) is 25.1. The number of hydrogen-bond acceptors (Lipinski definition) is 4. The Morgan fingerprint density at radius 1 is 0.432 bits per heavy atom. The lowest BCUT2D eigenvalue weighted by Crippen LogP contribution is -2.00. The first-order chi connectivity index (χ1) is 21.7. The fraction of sp³-hybridized carbons (Fsp3) is 0. The first kappa shape index (κ1) is 26.3. The molecule has 0 spiro atoms. The smallest absolute Gasteiger partial charge is 0.164 e. The highest BCUT2D eigenvalue weighted by molar-refractivity contribution is 9.10. The van der Waals surface area contributed by atoms with Crippen molar-refractivity contribution in [1.29, 1.82) is 0 Å². The van der Waals surface area contributed by atoms with Crippen LogP contribution in [0.2, 0.25) is 0 Å². The topological polar surface area (TPSA) is 51.8 Å². The third-order valence-corrected chi connectivity index (χ3v) is 8.24. The summed E-state index contributed by atoms with van der Waals surface area (Å²) in [4.78, 5) is 14.9. The molecular formula is C39H24BrN3O. The summed E-state index contributed by atoms with van der Waals surface area (Å²) in [7, 11) is 0. The van der Waals surface area contributed by atoms with Crippen LogP contribution < -0.4 is 0 Å². The van der Waals surface area contributed by atoms with Gasteiger partial charge in [-0.2, -0.15) is 0 Å². The van der Waals surface area contributed by atoms with E-state index in [2.05, 4.69) is 82.7 Å². The molecule has 0 N–H and O–H groups in total. The standard InChI is InChI=1S/C39H24BrN3O/c40-30-23-32(29-19-10-18-28(22-29)25-12-4-1-5-13-25)36-33(24-30)35-31(20-11-21-34(35)44-36)39-42-37(26-14-6-2-7-15-26)41-38(43-39)27-16-8-3-9-17-27/h1-24H. The molecule has 5 heteroatoms. The molecule has 0 unspecified atom stereocenters. The van der Waals surface area contributed by atoms with Crippen LogP contribution in [0.5, 0.6) is 0 Å². The molecule has 8 rings (SSSR count). The summed E-state index contributed by atoms with van der Waals surface area (Å²) in [6.07, 6.45) is 0. The summed E-state index contributed by atoms with van der Waals surface area (Å²) in [5, 5.41) is 1.96. The van der Waals surface area contributed by atoms with E-state index in [9.17, 15) is 0 Å². The predicted octanol–water partition coefficient (Wildman–Crippen LogP) is 10.9. The number of aromatic nitrogens is 3. The molecule has 0 aliphatic heterocycles. The SMILES string of the molecule is Brc1cc(-c2cccc(-c3ccccc3)c2)c2oc3cccc(-c4nc(-c5ccccc5)nc(-c5ccccc5)n4)c3c2c1. The van der Waals surface area contributed by atoms with Crippen LogP contribution in [0, 0.1) is 0 Å². The highest BCUT2D eigenvalue weighted by atomic mass is 79.9. The van der Waals surface area contributed by atoms with Gasteiger partial charge < -0.3 is 4.42 Å². The Morgan fingerprint density at radius 3 is 1.64 bits per heavy atom. The lowest BCUT2D eigenvalue weighted by molar-refractivity contribution is 0.670. The zero-order chi connectivity index (χ0) is 29.5. The van der Waals surface area contributed by atoms with Gasteiger partial charge in [-0.1, -0.05) is 137 Å². The summed E-state index contributed by atoms with van der Waals surface area (Å²) < 4.78 is 7.60. The van der Waals surface area contributed by atoms with Crippen molar-refractivity contribution >= 4 is 37.9 Å². The second kappa shape index (κ2) is 11.0. The van der Waals surface area contributed by atoms with E-state index in [0.717, 1.165) is 59.8 Å². The number of fused-ring (bicyclic) bond motifs is 3. The molecule has 208 valence electrons. The Balaban J connectivity index is 1.35. The molecule has 0 radical (unpaired) electrons. The fourth-order valence-corrected chi connectivity index (χ4v) is 6.18. The van der Waals surface area contributed by atoms with E-state index in [-0.39, 0.29) is 0 Å². The van der Waals surface area contributed by atoms with Crippen LogP contribution in [0.1, 0.15) is 0 Å². The Bertz CT molecular complexity index is 2220. The van der Waals surface area contributed by atoms with Crippen molar-refractivity contribution in [2.75, 3.05) is 0 Å². The van der Waals surface area contributed by atoms with E-state index in [0.29, 0.717) is 17.5 Å². The largest absolute Gasteiger partial charge is 0.455 e. The van der Waals surface area contributed by atoms with Crippen molar-refractivity contribution in [3.63, 3.8) is 0 Å². The molecule has 0 aliphatic carbocycles. The van der Waals surface area contributed by atoms with E-state index in [1.54, 1.807) is 0 Å². The van der Waals surface area contributed by atoms with E-state index >= 15 is 0 Å². The molecule has 0 bridgehead atoms. The number of furan rings is 1. The highest BCUT2D eigenvalue weighted by Gasteiger charge is 2.20. The fourth-order valence-electron chi connectivity index (χ4n) is 5.72. The van der Waals surface area contributed by atoms with Crippen LogP contribution in [-0.4, -0.2) is 15.0 Å². The predicted molar refractivity (Wildman–Crippen MR) is 182 cm³/mol. The minimum absolute atomic E-state index is 0.596. The number of nitrogens with zero attached hydrogens (tertiary/aromatic N) is 3. The molecule has 0 saturated heterocycles. The number of benzene rings is 6. The van der Waals surface area contributed by atoms with Crippen molar-refractivity contribution in [2.45, 2.75) is 0 Å². The molecule has 2 aromatic heterocycles. The Labute approximate surface area is 262 Å². The van der Waals surface area contributed by atoms with Gasteiger partial charge in [-0.25, -0.2) is 15.0 Å². The molecular weight excluding hydrogens is 606 g/mol. The molecule has 8 aromatic rings. The van der Waals surface area contributed by atoms with Gasteiger partial charge in [0, 0.05) is 37.5 Å². The van der Waals surface area contributed by atoms with Crippen LogP contribution >= 0.6 is 15.9 Å². The van der Waals surface area contributed by atoms with Gasteiger partial charge >= 0.3 is 0 Å². The van der Waals surface area contributed by atoms with E-state index in [1.807, 2.05) is 78.9 Å². The molecule has 2 heterocycles. The second-order valence-corrected chi connectivity index (χ2v) is 11.5. The van der Waals surface area contributed by atoms with Crippen molar-refractivity contribution in [3.8, 4) is 56.4 Å². The maximum atomic E-state index is 6.64. The van der Waals surface area contributed by atoms with Crippen molar-refractivity contribution < 1.29 is 4.42 Å². The maximum absolute atomic E-state index is 6.64. The van der Waals surface area contributed by atoms with Crippen LogP contribution in [0.3, 0.4) is 0 Å². The molecule has 44 heavy (non-hydrogen) atoms. The number of hydrogen-bond donors (Lipinski definition) is 0. The minimum atomic E-state index is 0.596. The summed E-state index contributed by atoms with van der Waals surface area (Å²) in [6.45, 7) is 0. The third kappa shape index (κ3) is 4.77. The summed E-state index contributed by atoms with van der Waals surface area (Å²) in [5.74, 6) is 1.84. The van der Waals surface area contributed by atoms with Gasteiger partial charge in [0.05, 0.1) is 0 Å². The van der Waals surface area contributed by atoms with E-state index in [1.165, 1.54) is 5.56 Å². The molecule has 4 nitrogen and oxygen atoms in total. The maximum Gasteiger partial charge on any atom is 0.164 e. The zero-order valence-electron chi connectivity index (χ0n) is 23.5. The second-order valence-electron chi connectivity index (χ2n) is 10.6. The monoisotopic (exact) mass is 629 g/mol. The van der Waals surface area contributed by atoms with Crippen molar-refractivity contribution in [1.82, 2.24) is 15.0 Å². The number of rotatable bonds is 5. The Morgan fingerprint density at radius 2 is 0.977 bits per heavy atom. The normalized spacial score (nSPS) is 11.3. The Kier molecular flexibility index (Phi) is 6.58. The minimum Gasteiger partial charge on any atom is -0.455 e.